The van der Waals surface area contributed by atoms with Crippen LogP contribution in [0.3, 0.4) is 0 Å². The molecule has 7 heteroatoms. The van der Waals surface area contributed by atoms with E-state index in [1.54, 1.807) is 11.2 Å². The number of aromatic amines is 1. The summed E-state index contributed by atoms with van der Waals surface area (Å²) in [6, 6.07) is 0.0152. The highest BCUT2D eigenvalue weighted by atomic mass is 32.2. The molecule has 102 valence electrons. The quantitative estimate of drug-likeness (QED) is 0.836. The average Bonchev–Trinajstić information content (AvgIpc) is 2.77. The van der Waals surface area contributed by atoms with Crippen LogP contribution in [0.2, 0.25) is 0 Å². The fourth-order valence-electron chi connectivity index (χ4n) is 2.33. The minimum absolute atomic E-state index is 0.0152. The first kappa shape index (κ1) is 13.5. The topological polar surface area (TPSA) is 92.1 Å². The van der Waals surface area contributed by atoms with Crippen LogP contribution in [0.4, 0.5) is 0 Å². The predicted octanol–water partition coefficient (Wildman–Crippen LogP) is 0.466. The van der Waals surface area contributed by atoms with Gasteiger partial charge in [0.25, 0.3) is 10.0 Å². The van der Waals surface area contributed by atoms with Crippen LogP contribution < -0.4 is 5.73 Å². The summed E-state index contributed by atoms with van der Waals surface area (Å²) in [6.45, 7) is 4.70. The molecule has 1 aromatic rings. The third-order valence-electron chi connectivity index (χ3n) is 3.52. The lowest BCUT2D eigenvalue weighted by molar-refractivity contribution is 0.210. The summed E-state index contributed by atoms with van der Waals surface area (Å²) in [6.07, 6.45) is 3.23. The van der Waals surface area contributed by atoms with Crippen LogP contribution in [-0.2, 0) is 10.0 Å². The van der Waals surface area contributed by atoms with Gasteiger partial charge < -0.3 is 10.7 Å². The highest BCUT2D eigenvalue weighted by Crippen LogP contribution is 2.26. The Balaban J connectivity index is 2.28. The van der Waals surface area contributed by atoms with Gasteiger partial charge in [0.15, 0.2) is 5.03 Å². The average molecular weight is 272 g/mol. The van der Waals surface area contributed by atoms with E-state index in [1.807, 2.05) is 6.92 Å². The van der Waals surface area contributed by atoms with E-state index >= 15 is 0 Å². The fourth-order valence-corrected chi connectivity index (χ4v) is 4.03. The lowest BCUT2D eigenvalue weighted by Crippen LogP contribution is -2.47. The number of aryl methyl sites for hydroxylation is 1. The van der Waals surface area contributed by atoms with E-state index in [2.05, 4.69) is 9.97 Å². The van der Waals surface area contributed by atoms with Gasteiger partial charge in [-0.2, -0.15) is 4.31 Å². The molecular formula is C11H20N4O2S. The largest absolute Gasteiger partial charge is 0.332 e. The number of hydrogen-bond donors (Lipinski definition) is 2. The van der Waals surface area contributed by atoms with Gasteiger partial charge in [-0.1, -0.05) is 0 Å². The molecule has 3 N–H and O–H groups in total. The third kappa shape index (κ3) is 2.43. The number of imidazole rings is 1. The first-order valence-corrected chi connectivity index (χ1v) is 7.62. The molecule has 0 aromatic carbocycles. The maximum Gasteiger partial charge on any atom is 0.260 e. The van der Waals surface area contributed by atoms with E-state index < -0.39 is 10.0 Å². The van der Waals surface area contributed by atoms with Crippen molar-refractivity contribution in [2.24, 2.45) is 11.7 Å². The Kier molecular flexibility index (Phi) is 3.74. The second kappa shape index (κ2) is 4.99. The molecule has 1 aromatic heterocycles. The number of sulfonamides is 1. The molecule has 0 aliphatic carbocycles. The maximum atomic E-state index is 12.5. The van der Waals surface area contributed by atoms with E-state index in [1.165, 1.54) is 6.20 Å². The molecule has 2 heterocycles. The number of aromatic nitrogens is 2. The van der Waals surface area contributed by atoms with Crippen molar-refractivity contribution >= 4 is 10.0 Å². The van der Waals surface area contributed by atoms with Gasteiger partial charge in [-0.3, -0.25) is 0 Å². The lowest BCUT2D eigenvalue weighted by Gasteiger charge is -2.36. The number of hydrogen-bond acceptors (Lipinski definition) is 4. The van der Waals surface area contributed by atoms with E-state index in [9.17, 15) is 8.42 Å². The minimum Gasteiger partial charge on any atom is -0.332 e. The monoisotopic (exact) mass is 272 g/mol. The number of piperidine rings is 1. The van der Waals surface area contributed by atoms with Gasteiger partial charge in [0.1, 0.15) is 5.82 Å². The highest BCUT2D eigenvalue weighted by Gasteiger charge is 2.35. The van der Waals surface area contributed by atoms with Crippen molar-refractivity contribution in [3.63, 3.8) is 0 Å². The van der Waals surface area contributed by atoms with Crippen molar-refractivity contribution in [1.82, 2.24) is 14.3 Å². The molecule has 1 fully saturated rings. The number of rotatable bonds is 3. The van der Waals surface area contributed by atoms with Crippen molar-refractivity contribution in [2.75, 3.05) is 13.1 Å². The van der Waals surface area contributed by atoms with E-state index in [0.717, 1.165) is 12.8 Å². The molecule has 1 aliphatic heterocycles. The van der Waals surface area contributed by atoms with Crippen molar-refractivity contribution in [3.8, 4) is 0 Å². The van der Waals surface area contributed by atoms with E-state index in [0.29, 0.717) is 18.9 Å². The molecule has 2 unspecified atom stereocenters. The van der Waals surface area contributed by atoms with Gasteiger partial charge in [-0.15, -0.1) is 0 Å². The van der Waals surface area contributed by atoms with Crippen LogP contribution >= 0.6 is 0 Å². The van der Waals surface area contributed by atoms with Gasteiger partial charge in [0.05, 0.1) is 6.20 Å². The molecule has 0 spiro atoms. The Morgan fingerprint density at radius 2 is 2.28 bits per heavy atom. The van der Waals surface area contributed by atoms with Crippen LogP contribution in [0.1, 0.15) is 25.6 Å². The van der Waals surface area contributed by atoms with Crippen LogP contribution in [0, 0.1) is 12.8 Å². The van der Waals surface area contributed by atoms with Crippen LogP contribution in [0.25, 0.3) is 0 Å². The zero-order valence-corrected chi connectivity index (χ0v) is 11.6. The Morgan fingerprint density at radius 3 is 2.83 bits per heavy atom. The van der Waals surface area contributed by atoms with Crippen molar-refractivity contribution < 1.29 is 8.42 Å². The van der Waals surface area contributed by atoms with Crippen molar-refractivity contribution in [1.29, 1.82) is 0 Å². The third-order valence-corrected chi connectivity index (χ3v) is 5.41. The second-order valence-corrected chi connectivity index (χ2v) is 6.79. The standard InChI is InChI=1S/C11H20N4O2S/c1-8-3-4-10(5-12)7-15(8)18(16,17)11-6-13-9(2)14-11/h6,8,10H,3-5,7,12H2,1-2H3,(H,13,14). The molecule has 0 radical (unpaired) electrons. The predicted molar refractivity (Wildman–Crippen MR) is 68.5 cm³/mol. The minimum atomic E-state index is -3.47. The smallest absolute Gasteiger partial charge is 0.260 e. The van der Waals surface area contributed by atoms with Crippen molar-refractivity contribution in [2.45, 2.75) is 37.8 Å². The zero-order valence-electron chi connectivity index (χ0n) is 10.8. The second-order valence-electron chi connectivity index (χ2n) is 4.94. The van der Waals surface area contributed by atoms with Gasteiger partial charge in [-0.25, -0.2) is 13.4 Å². The highest BCUT2D eigenvalue weighted by molar-refractivity contribution is 7.89. The zero-order chi connectivity index (χ0) is 13.3. The summed E-state index contributed by atoms with van der Waals surface area (Å²) in [5.74, 6) is 0.855. The molecule has 0 amide bonds. The number of H-pyrrole nitrogens is 1. The molecule has 2 rings (SSSR count). The number of nitrogens with zero attached hydrogens (tertiary/aromatic N) is 2. The van der Waals surface area contributed by atoms with Crippen molar-refractivity contribution in [3.05, 3.63) is 12.0 Å². The molecule has 6 nitrogen and oxygen atoms in total. The van der Waals surface area contributed by atoms with Crippen LogP contribution in [-0.4, -0.2) is 41.8 Å². The van der Waals surface area contributed by atoms with E-state index in [-0.39, 0.29) is 17.0 Å². The summed E-state index contributed by atoms with van der Waals surface area (Å²) in [5.41, 5.74) is 5.66. The van der Waals surface area contributed by atoms with Gasteiger partial charge in [-0.05, 0) is 39.2 Å². The van der Waals surface area contributed by atoms with Crippen LogP contribution in [0.5, 0.6) is 0 Å². The SMILES string of the molecule is Cc1ncc(S(=O)(=O)N2CC(CN)CCC2C)[nH]1. The summed E-state index contributed by atoms with van der Waals surface area (Å²) >= 11 is 0. The first-order valence-electron chi connectivity index (χ1n) is 6.18. The molecule has 18 heavy (non-hydrogen) atoms. The maximum absolute atomic E-state index is 12.5. The Hall–Kier alpha value is -0.920. The molecule has 1 saturated heterocycles. The molecule has 1 aliphatic rings. The van der Waals surface area contributed by atoms with E-state index in [4.69, 9.17) is 5.73 Å². The summed E-state index contributed by atoms with van der Waals surface area (Å²) in [7, 11) is -3.47. The lowest BCUT2D eigenvalue weighted by atomic mass is 9.96. The Labute approximate surface area is 108 Å². The Morgan fingerprint density at radius 1 is 1.56 bits per heavy atom. The molecular weight excluding hydrogens is 252 g/mol. The molecule has 0 bridgehead atoms. The summed E-state index contributed by atoms with van der Waals surface area (Å²) < 4.78 is 26.5. The normalized spacial score (nSPS) is 26.4. The molecule has 2 atom stereocenters. The number of nitrogens with one attached hydrogen (secondary N) is 1. The van der Waals surface area contributed by atoms with Gasteiger partial charge >= 0.3 is 0 Å². The van der Waals surface area contributed by atoms with Gasteiger partial charge in [0, 0.05) is 12.6 Å². The fraction of sp³-hybridized carbons (Fsp3) is 0.727. The first-order chi connectivity index (χ1) is 8.45. The molecule has 0 saturated carbocycles. The Bertz CT molecular complexity index is 511. The van der Waals surface area contributed by atoms with Crippen LogP contribution in [0.15, 0.2) is 11.2 Å². The van der Waals surface area contributed by atoms with Gasteiger partial charge in [0.2, 0.25) is 0 Å². The number of nitrogens with two attached hydrogens (primary N) is 1. The summed E-state index contributed by atoms with van der Waals surface area (Å²) in [4.78, 5) is 6.75. The summed E-state index contributed by atoms with van der Waals surface area (Å²) in [5, 5.41) is 0.171.